The fourth-order valence-electron chi connectivity index (χ4n) is 2.07. The summed E-state index contributed by atoms with van der Waals surface area (Å²) in [4.78, 5) is 12.9. The van der Waals surface area contributed by atoms with Crippen LogP contribution in [0.2, 0.25) is 0 Å². The molecule has 0 atom stereocenters. The first-order valence-corrected chi connectivity index (χ1v) is 6.84. The van der Waals surface area contributed by atoms with Crippen LogP contribution in [0.4, 0.5) is 5.69 Å². The van der Waals surface area contributed by atoms with Gasteiger partial charge >= 0.3 is 5.97 Å². The number of ether oxygens (including phenoxy) is 1. The van der Waals surface area contributed by atoms with Gasteiger partial charge in [-0.05, 0) is 38.8 Å². The number of aryl methyl sites for hydroxylation is 1. The Morgan fingerprint density at radius 1 is 1.26 bits per heavy atom. The summed E-state index contributed by atoms with van der Waals surface area (Å²) in [6.07, 6.45) is 0.633. The summed E-state index contributed by atoms with van der Waals surface area (Å²) in [7, 11) is 0. The molecule has 0 bridgehead atoms. The SMILES string of the molecule is CCOc1cc(N(CC)CC)ccc1CCC(=O)O. The number of hydrogen-bond donors (Lipinski definition) is 1. The van der Waals surface area contributed by atoms with Crippen LogP contribution in [-0.2, 0) is 11.2 Å². The van der Waals surface area contributed by atoms with Gasteiger partial charge in [0, 0.05) is 31.3 Å². The van der Waals surface area contributed by atoms with Crippen molar-refractivity contribution in [1.29, 1.82) is 0 Å². The number of hydrogen-bond acceptors (Lipinski definition) is 3. The molecule has 0 spiro atoms. The molecule has 0 amide bonds. The van der Waals surface area contributed by atoms with Gasteiger partial charge in [-0.15, -0.1) is 0 Å². The second-order valence-corrected chi connectivity index (χ2v) is 4.29. The zero-order valence-corrected chi connectivity index (χ0v) is 12.0. The van der Waals surface area contributed by atoms with Crippen LogP contribution in [0.15, 0.2) is 18.2 Å². The molecule has 0 saturated heterocycles. The highest BCUT2D eigenvalue weighted by atomic mass is 16.5. The molecule has 0 aliphatic rings. The molecule has 4 heteroatoms. The summed E-state index contributed by atoms with van der Waals surface area (Å²) in [5.41, 5.74) is 2.08. The number of benzene rings is 1. The normalized spacial score (nSPS) is 10.3. The highest BCUT2D eigenvalue weighted by Gasteiger charge is 2.10. The molecule has 0 heterocycles. The van der Waals surface area contributed by atoms with Gasteiger partial charge < -0.3 is 14.7 Å². The lowest BCUT2D eigenvalue weighted by molar-refractivity contribution is -0.136. The smallest absolute Gasteiger partial charge is 0.303 e. The first kappa shape index (κ1) is 15.3. The van der Waals surface area contributed by atoms with E-state index in [1.165, 1.54) is 0 Å². The van der Waals surface area contributed by atoms with Crippen molar-refractivity contribution in [2.24, 2.45) is 0 Å². The van der Waals surface area contributed by atoms with Crippen molar-refractivity contribution in [2.45, 2.75) is 33.6 Å². The van der Waals surface area contributed by atoms with Gasteiger partial charge in [0.15, 0.2) is 0 Å². The van der Waals surface area contributed by atoms with Crippen molar-refractivity contribution in [2.75, 3.05) is 24.6 Å². The van der Waals surface area contributed by atoms with Crippen LogP contribution in [0, 0.1) is 0 Å². The van der Waals surface area contributed by atoms with E-state index in [4.69, 9.17) is 9.84 Å². The highest BCUT2D eigenvalue weighted by Crippen LogP contribution is 2.27. The summed E-state index contributed by atoms with van der Waals surface area (Å²) >= 11 is 0. The molecule has 1 aromatic carbocycles. The van der Waals surface area contributed by atoms with E-state index in [-0.39, 0.29) is 6.42 Å². The van der Waals surface area contributed by atoms with E-state index in [0.717, 1.165) is 30.1 Å². The molecule has 0 saturated carbocycles. The first-order valence-electron chi connectivity index (χ1n) is 6.84. The Kier molecular flexibility index (Phi) is 6.19. The van der Waals surface area contributed by atoms with E-state index in [9.17, 15) is 4.79 Å². The van der Waals surface area contributed by atoms with Gasteiger partial charge in [-0.2, -0.15) is 0 Å². The van der Waals surface area contributed by atoms with Crippen molar-refractivity contribution in [3.8, 4) is 5.75 Å². The van der Waals surface area contributed by atoms with Gasteiger partial charge in [0.25, 0.3) is 0 Å². The molecular weight excluding hydrogens is 242 g/mol. The van der Waals surface area contributed by atoms with Crippen molar-refractivity contribution < 1.29 is 14.6 Å². The second kappa shape index (κ2) is 7.67. The third-order valence-corrected chi connectivity index (χ3v) is 3.09. The van der Waals surface area contributed by atoms with Gasteiger partial charge in [0.05, 0.1) is 6.61 Å². The predicted octanol–water partition coefficient (Wildman–Crippen LogP) is 2.95. The molecule has 106 valence electrons. The van der Waals surface area contributed by atoms with Gasteiger partial charge in [-0.25, -0.2) is 0 Å². The lowest BCUT2D eigenvalue weighted by Gasteiger charge is -2.22. The maximum atomic E-state index is 10.7. The van der Waals surface area contributed by atoms with Crippen LogP contribution in [0.5, 0.6) is 5.75 Å². The van der Waals surface area contributed by atoms with Gasteiger partial charge in [0.2, 0.25) is 0 Å². The largest absolute Gasteiger partial charge is 0.494 e. The molecule has 0 aliphatic carbocycles. The molecule has 1 N–H and O–H groups in total. The Labute approximate surface area is 115 Å². The average molecular weight is 265 g/mol. The van der Waals surface area contributed by atoms with Crippen molar-refractivity contribution in [3.63, 3.8) is 0 Å². The van der Waals surface area contributed by atoms with E-state index in [0.29, 0.717) is 13.0 Å². The second-order valence-electron chi connectivity index (χ2n) is 4.29. The number of carbonyl (C=O) groups is 1. The van der Waals surface area contributed by atoms with E-state index in [1.807, 2.05) is 25.1 Å². The number of carboxylic acids is 1. The molecule has 1 rings (SSSR count). The summed E-state index contributed by atoms with van der Waals surface area (Å²) < 4.78 is 5.63. The Hall–Kier alpha value is -1.71. The van der Waals surface area contributed by atoms with Gasteiger partial charge in [0.1, 0.15) is 5.75 Å². The van der Waals surface area contributed by atoms with Gasteiger partial charge in [-0.1, -0.05) is 6.07 Å². The molecule has 0 aliphatic heterocycles. The minimum atomic E-state index is -0.782. The number of anilines is 1. The topological polar surface area (TPSA) is 49.8 Å². The zero-order valence-electron chi connectivity index (χ0n) is 12.0. The van der Waals surface area contributed by atoms with E-state index in [2.05, 4.69) is 18.7 Å². The molecular formula is C15H23NO3. The van der Waals surface area contributed by atoms with Crippen LogP contribution < -0.4 is 9.64 Å². The monoisotopic (exact) mass is 265 g/mol. The summed E-state index contributed by atoms with van der Waals surface area (Å²) in [6, 6.07) is 6.02. The maximum Gasteiger partial charge on any atom is 0.303 e. The number of nitrogens with zero attached hydrogens (tertiary/aromatic N) is 1. The molecule has 0 unspecified atom stereocenters. The Morgan fingerprint density at radius 3 is 2.47 bits per heavy atom. The fraction of sp³-hybridized carbons (Fsp3) is 0.533. The maximum absolute atomic E-state index is 10.7. The quantitative estimate of drug-likeness (QED) is 0.785. The zero-order chi connectivity index (χ0) is 14.3. The number of rotatable bonds is 8. The minimum absolute atomic E-state index is 0.130. The van der Waals surface area contributed by atoms with Crippen LogP contribution in [0.25, 0.3) is 0 Å². The van der Waals surface area contributed by atoms with Crippen LogP contribution >= 0.6 is 0 Å². The van der Waals surface area contributed by atoms with E-state index < -0.39 is 5.97 Å². The Balaban J connectivity index is 2.96. The summed E-state index contributed by atoms with van der Waals surface area (Å²) in [5.74, 6) is 0.0171. The fourth-order valence-corrected chi connectivity index (χ4v) is 2.07. The van der Waals surface area contributed by atoms with Crippen molar-refractivity contribution >= 4 is 11.7 Å². The van der Waals surface area contributed by atoms with Crippen molar-refractivity contribution in [3.05, 3.63) is 23.8 Å². The average Bonchev–Trinajstić information content (AvgIpc) is 2.39. The molecule has 0 radical (unpaired) electrons. The number of carboxylic acid groups (broad SMARTS) is 1. The third-order valence-electron chi connectivity index (χ3n) is 3.09. The lowest BCUT2D eigenvalue weighted by atomic mass is 10.1. The Bertz CT molecular complexity index is 414. The van der Waals surface area contributed by atoms with Crippen LogP contribution in [0.1, 0.15) is 32.8 Å². The summed E-state index contributed by atoms with van der Waals surface area (Å²) in [5, 5.41) is 8.77. The highest BCUT2D eigenvalue weighted by molar-refractivity contribution is 5.67. The molecule has 0 fully saturated rings. The van der Waals surface area contributed by atoms with E-state index >= 15 is 0 Å². The standard InChI is InChI=1S/C15H23NO3/c1-4-16(5-2)13-9-7-12(8-10-15(17)18)14(11-13)19-6-3/h7,9,11H,4-6,8,10H2,1-3H3,(H,17,18). The predicted molar refractivity (Wildman–Crippen MR) is 77.1 cm³/mol. The minimum Gasteiger partial charge on any atom is -0.494 e. The van der Waals surface area contributed by atoms with Crippen molar-refractivity contribution in [1.82, 2.24) is 0 Å². The molecule has 0 aromatic heterocycles. The van der Waals surface area contributed by atoms with Gasteiger partial charge in [-0.3, -0.25) is 4.79 Å². The molecule has 19 heavy (non-hydrogen) atoms. The summed E-state index contributed by atoms with van der Waals surface area (Å²) in [6.45, 7) is 8.63. The third kappa shape index (κ3) is 4.47. The van der Waals surface area contributed by atoms with Crippen LogP contribution in [-0.4, -0.2) is 30.8 Å². The molecule has 1 aromatic rings. The lowest BCUT2D eigenvalue weighted by Crippen LogP contribution is -2.21. The Morgan fingerprint density at radius 2 is 1.95 bits per heavy atom. The van der Waals surface area contributed by atoms with E-state index in [1.54, 1.807) is 0 Å². The molecule has 4 nitrogen and oxygen atoms in total. The number of aliphatic carboxylic acids is 1. The first-order chi connectivity index (χ1) is 9.12. The van der Waals surface area contributed by atoms with Crippen LogP contribution in [0.3, 0.4) is 0 Å².